The normalized spacial score (nSPS) is 13.2. The first-order valence-corrected chi connectivity index (χ1v) is 9.37. The molecule has 1 aliphatic carbocycles. The molecule has 4 nitrogen and oxygen atoms in total. The van der Waals surface area contributed by atoms with E-state index in [4.69, 9.17) is 21.3 Å². The molecule has 1 heterocycles. The van der Waals surface area contributed by atoms with Crippen molar-refractivity contribution in [3.63, 3.8) is 0 Å². The minimum absolute atomic E-state index is 0.257. The van der Waals surface area contributed by atoms with E-state index in [1.807, 2.05) is 24.3 Å². The zero-order valence-corrected chi connectivity index (χ0v) is 15.5. The van der Waals surface area contributed by atoms with Crippen LogP contribution in [-0.2, 0) is 17.6 Å². The second-order valence-corrected chi connectivity index (χ2v) is 7.08. The van der Waals surface area contributed by atoms with Crippen molar-refractivity contribution in [3.05, 3.63) is 75.9 Å². The standard InChI is InChI=1S/C22H18ClNO3/c23-15-11-9-14(10-12-15)20(25)13-27-22(26)21-16-5-1-3-7-18(16)24-19-8-4-2-6-17(19)21/h1,3,5,7,9-12H,2,4,6,8,13H2. The van der Waals surface area contributed by atoms with Gasteiger partial charge in [0.15, 0.2) is 12.4 Å². The molecule has 136 valence electrons. The topological polar surface area (TPSA) is 56.3 Å². The van der Waals surface area contributed by atoms with Crippen LogP contribution in [0.1, 0.15) is 44.8 Å². The van der Waals surface area contributed by atoms with Gasteiger partial charge in [-0.3, -0.25) is 9.78 Å². The average Bonchev–Trinajstić information content (AvgIpc) is 2.70. The summed E-state index contributed by atoms with van der Waals surface area (Å²) in [5.74, 6) is -0.721. The fourth-order valence-corrected chi connectivity index (χ4v) is 3.65. The molecule has 5 heteroatoms. The van der Waals surface area contributed by atoms with Crippen molar-refractivity contribution in [1.82, 2.24) is 4.98 Å². The lowest BCUT2D eigenvalue weighted by Gasteiger charge is -2.19. The van der Waals surface area contributed by atoms with Crippen molar-refractivity contribution < 1.29 is 14.3 Å². The number of aryl methyl sites for hydroxylation is 1. The predicted octanol–water partition coefficient (Wildman–Crippen LogP) is 4.81. The molecule has 0 amide bonds. The molecule has 0 saturated carbocycles. The highest BCUT2D eigenvalue weighted by atomic mass is 35.5. The Labute approximate surface area is 162 Å². The van der Waals surface area contributed by atoms with E-state index in [0.29, 0.717) is 16.1 Å². The molecule has 3 aromatic rings. The number of aromatic nitrogens is 1. The summed E-state index contributed by atoms with van der Waals surface area (Å²) >= 11 is 5.84. The van der Waals surface area contributed by atoms with Gasteiger partial charge >= 0.3 is 5.97 Å². The van der Waals surface area contributed by atoms with Gasteiger partial charge in [-0.2, -0.15) is 0 Å². The number of pyridine rings is 1. The molecule has 27 heavy (non-hydrogen) atoms. The molecule has 0 N–H and O–H groups in total. The average molecular weight is 380 g/mol. The van der Waals surface area contributed by atoms with Gasteiger partial charge in [-0.25, -0.2) is 4.79 Å². The number of hydrogen-bond donors (Lipinski definition) is 0. The van der Waals surface area contributed by atoms with Crippen molar-refractivity contribution >= 4 is 34.3 Å². The molecule has 0 aliphatic heterocycles. The summed E-state index contributed by atoms with van der Waals surface area (Å²) in [7, 11) is 0. The summed E-state index contributed by atoms with van der Waals surface area (Å²) in [6.07, 6.45) is 3.77. The van der Waals surface area contributed by atoms with E-state index in [9.17, 15) is 9.59 Å². The van der Waals surface area contributed by atoms with Crippen molar-refractivity contribution in [2.24, 2.45) is 0 Å². The number of halogens is 1. The third-order valence-electron chi connectivity index (χ3n) is 4.87. The Morgan fingerprint density at radius 1 is 1.00 bits per heavy atom. The summed E-state index contributed by atoms with van der Waals surface area (Å²) in [5, 5.41) is 1.33. The summed E-state index contributed by atoms with van der Waals surface area (Å²) in [6.45, 7) is -0.300. The number of ether oxygens (including phenoxy) is 1. The van der Waals surface area contributed by atoms with E-state index in [-0.39, 0.29) is 12.4 Å². The van der Waals surface area contributed by atoms with Gasteiger partial charge in [0.2, 0.25) is 0 Å². The van der Waals surface area contributed by atoms with Crippen molar-refractivity contribution in [2.75, 3.05) is 6.61 Å². The highest BCUT2D eigenvalue weighted by molar-refractivity contribution is 6.30. The van der Waals surface area contributed by atoms with Crippen LogP contribution in [0.4, 0.5) is 0 Å². The van der Waals surface area contributed by atoms with E-state index in [1.54, 1.807) is 24.3 Å². The molecule has 0 atom stereocenters. The van der Waals surface area contributed by atoms with Crippen molar-refractivity contribution in [2.45, 2.75) is 25.7 Å². The van der Waals surface area contributed by atoms with E-state index < -0.39 is 5.97 Å². The number of rotatable bonds is 4. The maximum atomic E-state index is 12.9. The van der Waals surface area contributed by atoms with Gasteiger partial charge in [0.1, 0.15) is 0 Å². The smallest absolute Gasteiger partial charge is 0.339 e. The molecule has 4 rings (SSSR count). The number of ketones is 1. The Balaban J connectivity index is 1.62. The number of carbonyl (C=O) groups is 2. The number of hydrogen-bond acceptors (Lipinski definition) is 4. The van der Waals surface area contributed by atoms with E-state index in [0.717, 1.165) is 47.8 Å². The minimum atomic E-state index is -0.464. The first-order valence-electron chi connectivity index (χ1n) is 9.00. The number of fused-ring (bicyclic) bond motifs is 2. The number of benzene rings is 2. The maximum absolute atomic E-state index is 12.9. The van der Waals surface area contributed by atoms with Gasteiger partial charge in [-0.05, 0) is 61.6 Å². The SMILES string of the molecule is O=C(COC(=O)c1c2c(nc3ccccc13)CCCC2)c1ccc(Cl)cc1. The molecule has 2 aromatic carbocycles. The molecule has 0 bridgehead atoms. The van der Waals surface area contributed by atoms with Gasteiger partial charge in [-0.15, -0.1) is 0 Å². The van der Waals surface area contributed by atoms with Crippen LogP contribution >= 0.6 is 11.6 Å². The first-order chi connectivity index (χ1) is 13.1. The quantitative estimate of drug-likeness (QED) is 0.482. The summed E-state index contributed by atoms with van der Waals surface area (Å²) in [4.78, 5) is 29.9. The molecule has 0 fully saturated rings. The number of nitrogens with zero attached hydrogens (tertiary/aromatic N) is 1. The van der Waals surface area contributed by atoms with Crippen LogP contribution in [0.5, 0.6) is 0 Å². The number of Topliss-reactive ketones (excluding diaryl/α,β-unsaturated/α-hetero) is 1. The van der Waals surface area contributed by atoms with Crippen LogP contribution in [0.15, 0.2) is 48.5 Å². The molecule has 0 spiro atoms. The van der Waals surface area contributed by atoms with Crippen LogP contribution in [0.25, 0.3) is 10.9 Å². The highest BCUT2D eigenvalue weighted by Crippen LogP contribution is 2.29. The maximum Gasteiger partial charge on any atom is 0.339 e. The first kappa shape index (κ1) is 17.7. The second kappa shape index (κ2) is 7.49. The Morgan fingerprint density at radius 3 is 2.56 bits per heavy atom. The number of para-hydroxylation sites is 1. The summed E-state index contributed by atoms with van der Waals surface area (Å²) in [6, 6.07) is 14.1. The van der Waals surface area contributed by atoms with Gasteiger partial charge in [0.05, 0.1) is 11.1 Å². The monoisotopic (exact) mass is 379 g/mol. The third kappa shape index (κ3) is 3.58. The van der Waals surface area contributed by atoms with Gasteiger partial charge in [-0.1, -0.05) is 29.8 Å². The molecular weight excluding hydrogens is 362 g/mol. The van der Waals surface area contributed by atoms with E-state index >= 15 is 0 Å². The van der Waals surface area contributed by atoms with Crippen LogP contribution in [0.3, 0.4) is 0 Å². The largest absolute Gasteiger partial charge is 0.454 e. The predicted molar refractivity (Wildman–Crippen MR) is 104 cm³/mol. The fraction of sp³-hybridized carbons (Fsp3) is 0.227. The molecule has 0 saturated heterocycles. The van der Waals surface area contributed by atoms with Crippen LogP contribution in [0.2, 0.25) is 5.02 Å². The molecule has 0 unspecified atom stereocenters. The Hall–Kier alpha value is -2.72. The fourth-order valence-electron chi connectivity index (χ4n) is 3.53. The van der Waals surface area contributed by atoms with Crippen LogP contribution in [-0.4, -0.2) is 23.3 Å². The molecule has 1 aromatic heterocycles. The zero-order valence-electron chi connectivity index (χ0n) is 14.7. The van der Waals surface area contributed by atoms with Gasteiger partial charge in [0, 0.05) is 21.7 Å². The lowest BCUT2D eigenvalue weighted by molar-refractivity contribution is 0.0475. The van der Waals surface area contributed by atoms with Crippen LogP contribution in [0, 0.1) is 0 Å². The van der Waals surface area contributed by atoms with Crippen molar-refractivity contribution in [3.8, 4) is 0 Å². The third-order valence-corrected chi connectivity index (χ3v) is 5.13. The highest BCUT2D eigenvalue weighted by Gasteiger charge is 2.24. The molecule has 0 radical (unpaired) electrons. The Kier molecular flexibility index (Phi) is 4.90. The summed E-state index contributed by atoms with van der Waals surface area (Å²) in [5.41, 5.74) is 3.74. The number of carbonyl (C=O) groups excluding carboxylic acids is 2. The lowest BCUT2D eigenvalue weighted by atomic mass is 9.90. The zero-order chi connectivity index (χ0) is 18.8. The van der Waals surface area contributed by atoms with Gasteiger partial charge in [0.25, 0.3) is 0 Å². The van der Waals surface area contributed by atoms with E-state index in [2.05, 4.69) is 0 Å². The second-order valence-electron chi connectivity index (χ2n) is 6.64. The Bertz CT molecular complexity index is 1030. The van der Waals surface area contributed by atoms with Gasteiger partial charge < -0.3 is 4.74 Å². The lowest BCUT2D eigenvalue weighted by Crippen LogP contribution is -2.18. The van der Waals surface area contributed by atoms with Crippen molar-refractivity contribution in [1.29, 1.82) is 0 Å². The molecule has 1 aliphatic rings. The minimum Gasteiger partial charge on any atom is -0.454 e. The Morgan fingerprint density at radius 2 is 1.74 bits per heavy atom. The number of esters is 1. The van der Waals surface area contributed by atoms with Crippen LogP contribution < -0.4 is 0 Å². The summed E-state index contributed by atoms with van der Waals surface area (Å²) < 4.78 is 5.40. The van der Waals surface area contributed by atoms with E-state index in [1.165, 1.54) is 0 Å². The molecular formula is C22H18ClNO3.